The van der Waals surface area contributed by atoms with Gasteiger partial charge in [0, 0.05) is 12.1 Å². The maximum Gasteiger partial charge on any atom is 0.121 e. The molecule has 1 aliphatic rings. The Morgan fingerprint density at radius 3 is 2.89 bits per heavy atom. The first kappa shape index (κ1) is 13.7. The Morgan fingerprint density at radius 1 is 1.39 bits per heavy atom. The van der Waals surface area contributed by atoms with Crippen molar-refractivity contribution in [2.24, 2.45) is 0 Å². The van der Waals surface area contributed by atoms with Crippen molar-refractivity contribution in [1.29, 1.82) is 0 Å². The van der Waals surface area contributed by atoms with Gasteiger partial charge in [-0.1, -0.05) is 29.3 Å². The summed E-state index contributed by atoms with van der Waals surface area (Å²) in [7, 11) is 2.15. The van der Waals surface area contributed by atoms with E-state index < -0.39 is 0 Å². The number of likely N-dealkylation sites (N-methyl/N-ethyl adjacent to an activating group) is 1. The second-order valence-electron chi connectivity index (χ2n) is 4.51. The van der Waals surface area contributed by atoms with Gasteiger partial charge in [-0.2, -0.15) is 0 Å². The average Bonchev–Trinajstić information content (AvgIpc) is 2.75. The molecule has 0 spiro atoms. The number of benzene rings is 1. The highest BCUT2D eigenvalue weighted by molar-refractivity contribution is 6.42. The van der Waals surface area contributed by atoms with E-state index in [2.05, 4.69) is 24.1 Å². The fourth-order valence-electron chi connectivity index (χ4n) is 2.10. The molecule has 0 bridgehead atoms. The Labute approximate surface area is 118 Å². The van der Waals surface area contributed by atoms with Crippen molar-refractivity contribution in [2.45, 2.75) is 18.9 Å². The minimum Gasteiger partial charge on any atom is -0.489 e. The summed E-state index contributed by atoms with van der Waals surface area (Å²) in [4.78, 5) is 2.36. The summed E-state index contributed by atoms with van der Waals surface area (Å²) in [6, 6.07) is 5.86. The number of rotatable bonds is 4. The lowest BCUT2D eigenvalue weighted by Gasteiger charge is -2.14. The van der Waals surface area contributed by atoms with Crippen LogP contribution in [0.4, 0.5) is 0 Å². The molecule has 1 atom stereocenters. The second-order valence-corrected chi connectivity index (χ2v) is 5.32. The Hall–Kier alpha value is -0.700. The molecule has 0 radical (unpaired) electrons. The summed E-state index contributed by atoms with van der Waals surface area (Å²) in [5.41, 5.74) is 0. The Bertz CT molecular complexity index is 434. The number of hydrogen-bond acceptors (Lipinski definition) is 2. The molecule has 1 unspecified atom stereocenters. The summed E-state index contributed by atoms with van der Waals surface area (Å²) in [5, 5.41) is 1.07. The summed E-state index contributed by atoms with van der Waals surface area (Å²) in [6.07, 6.45) is 6.79. The first-order valence-electron chi connectivity index (χ1n) is 6.11. The molecule has 2 rings (SSSR count). The number of nitrogens with zero attached hydrogens (tertiary/aromatic N) is 1. The van der Waals surface area contributed by atoms with Crippen LogP contribution in [0.5, 0.6) is 5.75 Å². The molecule has 1 fully saturated rings. The van der Waals surface area contributed by atoms with Crippen LogP contribution in [0, 0.1) is 0 Å². The molecule has 0 aliphatic carbocycles. The van der Waals surface area contributed by atoms with Crippen LogP contribution in [0.2, 0.25) is 10.0 Å². The predicted molar refractivity (Wildman–Crippen MR) is 76.7 cm³/mol. The summed E-state index contributed by atoms with van der Waals surface area (Å²) >= 11 is 11.7. The fourth-order valence-corrected chi connectivity index (χ4v) is 2.39. The monoisotopic (exact) mass is 285 g/mol. The van der Waals surface area contributed by atoms with Gasteiger partial charge in [0.25, 0.3) is 0 Å². The molecule has 1 aromatic carbocycles. The van der Waals surface area contributed by atoms with E-state index in [0.717, 1.165) is 5.75 Å². The zero-order chi connectivity index (χ0) is 13.0. The molecule has 18 heavy (non-hydrogen) atoms. The van der Waals surface area contributed by atoms with E-state index >= 15 is 0 Å². The highest BCUT2D eigenvalue weighted by Gasteiger charge is 2.17. The van der Waals surface area contributed by atoms with Crippen LogP contribution in [-0.2, 0) is 0 Å². The fraction of sp³-hybridized carbons (Fsp3) is 0.429. The van der Waals surface area contributed by atoms with E-state index in [0.29, 0.717) is 22.7 Å². The third-order valence-electron chi connectivity index (χ3n) is 3.17. The van der Waals surface area contributed by atoms with Crippen LogP contribution >= 0.6 is 23.2 Å². The van der Waals surface area contributed by atoms with Crippen LogP contribution in [0.15, 0.2) is 30.4 Å². The molecular formula is C14H17Cl2NO. The SMILES string of the molecule is CN1CCCC1/C=C/COc1ccc(Cl)c(Cl)c1. The van der Waals surface area contributed by atoms with E-state index in [1.54, 1.807) is 12.1 Å². The quantitative estimate of drug-likeness (QED) is 0.775. The molecule has 0 N–H and O–H groups in total. The normalized spacial score (nSPS) is 20.7. The smallest absolute Gasteiger partial charge is 0.121 e. The maximum absolute atomic E-state index is 5.91. The van der Waals surface area contributed by atoms with Crippen molar-refractivity contribution in [3.05, 3.63) is 40.4 Å². The van der Waals surface area contributed by atoms with E-state index in [1.165, 1.54) is 19.4 Å². The Kier molecular flexibility index (Phi) is 4.93. The standard InChI is InChI=1S/C14H17Cl2NO/c1-17-8-2-4-11(17)5-3-9-18-12-6-7-13(15)14(16)10-12/h3,5-7,10-11H,2,4,8-9H2,1H3/b5-3+. The lowest BCUT2D eigenvalue weighted by atomic mass is 10.2. The molecule has 0 amide bonds. The molecule has 0 aromatic heterocycles. The summed E-state index contributed by atoms with van der Waals surface area (Å²) < 4.78 is 5.59. The van der Waals surface area contributed by atoms with Crippen molar-refractivity contribution in [3.8, 4) is 5.75 Å². The lowest BCUT2D eigenvalue weighted by Crippen LogP contribution is -2.22. The number of likely N-dealkylation sites (tertiary alicyclic amines) is 1. The number of hydrogen-bond donors (Lipinski definition) is 0. The van der Waals surface area contributed by atoms with E-state index in [9.17, 15) is 0 Å². The molecule has 4 heteroatoms. The van der Waals surface area contributed by atoms with Gasteiger partial charge < -0.3 is 4.74 Å². The molecular weight excluding hydrogens is 269 g/mol. The average molecular weight is 286 g/mol. The first-order chi connectivity index (χ1) is 8.66. The number of ether oxygens (including phenoxy) is 1. The maximum atomic E-state index is 5.91. The van der Waals surface area contributed by atoms with Crippen molar-refractivity contribution >= 4 is 23.2 Å². The van der Waals surface area contributed by atoms with Gasteiger partial charge in [0.1, 0.15) is 12.4 Å². The molecule has 1 aromatic rings. The third kappa shape index (κ3) is 3.64. The van der Waals surface area contributed by atoms with Gasteiger partial charge in [0.2, 0.25) is 0 Å². The zero-order valence-corrected chi connectivity index (χ0v) is 11.9. The molecule has 1 saturated heterocycles. The van der Waals surface area contributed by atoms with E-state index in [1.807, 2.05) is 6.07 Å². The van der Waals surface area contributed by atoms with Crippen molar-refractivity contribution in [3.63, 3.8) is 0 Å². The molecule has 0 saturated carbocycles. The van der Waals surface area contributed by atoms with Crippen molar-refractivity contribution < 1.29 is 4.74 Å². The van der Waals surface area contributed by atoms with Gasteiger partial charge in [-0.25, -0.2) is 0 Å². The van der Waals surface area contributed by atoms with Gasteiger partial charge >= 0.3 is 0 Å². The van der Waals surface area contributed by atoms with Gasteiger partial charge in [-0.3, -0.25) is 4.90 Å². The van der Waals surface area contributed by atoms with Crippen molar-refractivity contribution in [2.75, 3.05) is 20.2 Å². The first-order valence-corrected chi connectivity index (χ1v) is 6.87. The van der Waals surface area contributed by atoms with Crippen molar-refractivity contribution in [1.82, 2.24) is 4.90 Å². The van der Waals surface area contributed by atoms with Gasteiger partial charge in [0.05, 0.1) is 10.0 Å². The topological polar surface area (TPSA) is 12.5 Å². The summed E-state index contributed by atoms with van der Waals surface area (Å²) in [5.74, 6) is 0.744. The zero-order valence-electron chi connectivity index (χ0n) is 10.4. The molecule has 98 valence electrons. The van der Waals surface area contributed by atoms with Gasteiger partial charge in [-0.05, 0) is 44.6 Å². The highest BCUT2D eigenvalue weighted by Crippen LogP contribution is 2.26. The Morgan fingerprint density at radius 2 is 2.22 bits per heavy atom. The van der Waals surface area contributed by atoms with Crippen LogP contribution in [0.1, 0.15) is 12.8 Å². The van der Waals surface area contributed by atoms with Crippen LogP contribution < -0.4 is 4.74 Å². The Balaban J connectivity index is 1.81. The van der Waals surface area contributed by atoms with Gasteiger partial charge in [-0.15, -0.1) is 0 Å². The second kappa shape index (κ2) is 6.46. The minimum atomic E-state index is 0.522. The number of halogens is 2. The summed E-state index contributed by atoms with van der Waals surface area (Å²) in [6.45, 7) is 1.74. The molecule has 1 heterocycles. The minimum absolute atomic E-state index is 0.522. The molecule has 2 nitrogen and oxygen atoms in total. The van der Waals surface area contributed by atoms with E-state index in [-0.39, 0.29) is 0 Å². The third-order valence-corrected chi connectivity index (χ3v) is 3.91. The lowest BCUT2D eigenvalue weighted by molar-refractivity contribution is 0.346. The highest BCUT2D eigenvalue weighted by atomic mass is 35.5. The van der Waals surface area contributed by atoms with Crippen LogP contribution in [0.25, 0.3) is 0 Å². The van der Waals surface area contributed by atoms with Crippen LogP contribution in [0.3, 0.4) is 0 Å². The molecule has 1 aliphatic heterocycles. The predicted octanol–water partition coefficient (Wildman–Crippen LogP) is 4.02. The van der Waals surface area contributed by atoms with Gasteiger partial charge in [0.15, 0.2) is 0 Å². The van der Waals surface area contributed by atoms with Crippen LogP contribution in [-0.4, -0.2) is 31.1 Å². The van der Waals surface area contributed by atoms with E-state index in [4.69, 9.17) is 27.9 Å². The largest absolute Gasteiger partial charge is 0.489 e.